The Morgan fingerprint density at radius 1 is 1.00 bits per heavy atom. The molecule has 2 N–H and O–H groups in total. The largest absolute Gasteiger partial charge is 0.326 e. The Labute approximate surface area is 165 Å². The number of pyridine rings is 1. The molecule has 3 rings (SSSR count). The van der Waals surface area contributed by atoms with Crippen LogP contribution < -0.4 is 10.6 Å². The van der Waals surface area contributed by atoms with Gasteiger partial charge in [0.05, 0.1) is 5.69 Å². The first-order valence-corrected chi connectivity index (χ1v) is 9.65. The van der Waals surface area contributed by atoms with E-state index in [0.717, 1.165) is 35.5 Å². The average molecular weight is 375 g/mol. The molecule has 0 saturated heterocycles. The molecule has 2 heterocycles. The molecule has 0 radical (unpaired) electrons. The van der Waals surface area contributed by atoms with Gasteiger partial charge in [-0.15, -0.1) is 0 Å². The fourth-order valence-corrected chi connectivity index (χ4v) is 2.83. The van der Waals surface area contributed by atoms with Gasteiger partial charge in [0.25, 0.3) is 0 Å². The summed E-state index contributed by atoms with van der Waals surface area (Å²) in [5.41, 5.74) is 3.29. The van der Waals surface area contributed by atoms with Crippen LogP contribution in [0, 0.1) is 0 Å². The highest BCUT2D eigenvalue weighted by Gasteiger charge is 2.05. The van der Waals surface area contributed by atoms with Gasteiger partial charge >= 0.3 is 0 Å². The minimum absolute atomic E-state index is 0.0445. The van der Waals surface area contributed by atoms with E-state index in [1.54, 1.807) is 18.6 Å². The number of carbonyl (C=O) groups is 1. The summed E-state index contributed by atoms with van der Waals surface area (Å²) in [4.78, 5) is 25.0. The third kappa shape index (κ3) is 5.87. The molecule has 0 aliphatic rings. The summed E-state index contributed by atoms with van der Waals surface area (Å²) in [5, 5.41) is 6.15. The minimum Gasteiger partial charge on any atom is -0.326 e. The van der Waals surface area contributed by atoms with Gasteiger partial charge in [0.1, 0.15) is 0 Å². The molecule has 0 aliphatic carbocycles. The molecule has 0 aliphatic heterocycles. The van der Waals surface area contributed by atoms with Crippen LogP contribution in [0.3, 0.4) is 0 Å². The van der Waals surface area contributed by atoms with Crippen LogP contribution in [0.4, 0.5) is 17.3 Å². The molecule has 1 amide bonds. The quantitative estimate of drug-likeness (QED) is 0.503. The Morgan fingerprint density at radius 2 is 1.89 bits per heavy atom. The molecule has 0 atom stereocenters. The smallest absolute Gasteiger partial charge is 0.227 e. The highest BCUT2D eigenvalue weighted by Crippen LogP contribution is 2.21. The number of benzene rings is 1. The van der Waals surface area contributed by atoms with Gasteiger partial charge in [-0.25, -0.2) is 9.97 Å². The lowest BCUT2D eigenvalue weighted by atomic mass is 10.1. The molecule has 0 fully saturated rings. The standard InChI is InChI=1S/C22H25N5O/c1-2-3-4-5-11-21(28)25-18-9-6-10-19(15-18)26-22-24-14-12-20(27-22)17-8-7-13-23-16-17/h6-10,12-16H,2-5,11H2,1H3,(H,25,28)(H,24,26,27). The van der Waals surface area contributed by atoms with E-state index in [1.165, 1.54) is 12.8 Å². The monoisotopic (exact) mass is 375 g/mol. The van der Waals surface area contributed by atoms with Crippen molar-refractivity contribution in [3.05, 3.63) is 61.1 Å². The van der Waals surface area contributed by atoms with Crippen LogP contribution in [-0.2, 0) is 4.79 Å². The topological polar surface area (TPSA) is 79.8 Å². The second-order valence-electron chi connectivity index (χ2n) is 6.57. The van der Waals surface area contributed by atoms with Crippen LogP contribution in [0.1, 0.15) is 39.0 Å². The van der Waals surface area contributed by atoms with Crippen LogP contribution in [0.5, 0.6) is 0 Å². The van der Waals surface area contributed by atoms with Crippen molar-refractivity contribution < 1.29 is 4.79 Å². The number of nitrogens with zero attached hydrogens (tertiary/aromatic N) is 3. The van der Waals surface area contributed by atoms with E-state index in [9.17, 15) is 4.79 Å². The van der Waals surface area contributed by atoms with Crippen molar-refractivity contribution in [2.45, 2.75) is 39.0 Å². The summed E-state index contributed by atoms with van der Waals surface area (Å²) >= 11 is 0. The van der Waals surface area contributed by atoms with Crippen molar-refractivity contribution >= 4 is 23.2 Å². The van der Waals surface area contributed by atoms with E-state index >= 15 is 0 Å². The maximum Gasteiger partial charge on any atom is 0.227 e. The Hall–Kier alpha value is -3.28. The zero-order valence-corrected chi connectivity index (χ0v) is 16.1. The first-order chi connectivity index (χ1) is 13.7. The summed E-state index contributed by atoms with van der Waals surface area (Å²) in [5.74, 6) is 0.535. The van der Waals surface area contributed by atoms with Crippen molar-refractivity contribution in [2.24, 2.45) is 0 Å². The van der Waals surface area contributed by atoms with Gasteiger partial charge in [0.15, 0.2) is 0 Å². The zero-order chi connectivity index (χ0) is 19.6. The fraction of sp³-hybridized carbons (Fsp3) is 0.273. The number of aromatic nitrogens is 3. The van der Waals surface area contributed by atoms with Crippen LogP contribution in [0.15, 0.2) is 61.1 Å². The molecule has 1 aromatic carbocycles. The Balaban J connectivity index is 1.62. The first kappa shape index (κ1) is 19.5. The number of anilines is 3. The van der Waals surface area contributed by atoms with Crippen LogP contribution in [0.25, 0.3) is 11.3 Å². The second-order valence-corrected chi connectivity index (χ2v) is 6.57. The molecule has 0 bridgehead atoms. The van der Waals surface area contributed by atoms with Gasteiger partial charge in [-0.1, -0.05) is 32.3 Å². The second kappa shape index (κ2) is 10.2. The molecule has 2 aromatic heterocycles. The van der Waals surface area contributed by atoms with Gasteiger partial charge in [-0.2, -0.15) is 0 Å². The maximum atomic E-state index is 12.1. The number of unbranched alkanes of at least 4 members (excludes halogenated alkanes) is 3. The van der Waals surface area contributed by atoms with E-state index in [-0.39, 0.29) is 5.91 Å². The van der Waals surface area contributed by atoms with Gasteiger partial charge in [0, 0.05) is 41.9 Å². The van der Waals surface area contributed by atoms with Gasteiger partial charge < -0.3 is 10.6 Å². The van der Waals surface area contributed by atoms with E-state index in [1.807, 2.05) is 42.5 Å². The maximum absolute atomic E-state index is 12.1. The molecule has 6 nitrogen and oxygen atoms in total. The highest BCUT2D eigenvalue weighted by molar-refractivity contribution is 5.91. The molecule has 6 heteroatoms. The molecule has 28 heavy (non-hydrogen) atoms. The number of nitrogens with one attached hydrogen (secondary N) is 2. The lowest BCUT2D eigenvalue weighted by molar-refractivity contribution is -0.116. The average Bonchev–Trinajstić information content (AvgIpc) is 2.72. The lowest BCUT2D eigenvalue weighted by Crippen LogP contribution is -2.11. The molecule has 0 saturated carbocycles. The number of hydrogen-bond acceptors (Lipinski definition) is 5. The van der Waals surface area contributed by atoms with Crippen molar-refractivity contribution in [1.82, 2.24) is 15.0 Å². The fourth-order valence-electron chi connectivity index (χ4n) is 2.83. The summed E-state index contributed by atoms with van der Waals surface area (Å²) in [6, 6.07) is 13.2. The number of rotatable bonds is 9. The first-order valence-electron chi connectivity index (χ1n) is 9.65. The predicted octanol–water partition coefficient (Wildman–Crippen LogP) is 5.19. The Bertz CT molecular complexity index is 898. The van der Waals surface area contributed by atoms with Crippen molar-refractivity contribution in [3.63, 3.8) is 0 Å². The summed E-state index contributed by atoms with van der Waals surface area (Å²) < 4.78 is 0. The normalized spacial score (nSPS) is 10.5. The zero-order valence-electron chi connectivity index (χ0n) is 16.1. The third-order valence-corrected chi connectivity index (χ3v) is 4.27. The number of carbonyl (C=O) groups excluding carboxylic acids is 1. The van der Waals surface area contributed by atoms with Crippen LogP contribution in [0.2, 0.25) is 0 Å². The predicted molar refractivity (Wildman–Crippen MR) is 112 cm³/mol. The molecular weight excluding hydrogens is 350 g/mol. The van der Waals surface area contributed by atoms with E-state index in [2.05, 4.69) is 32.5 Å². The van der Waals surface area contributed by atoms with Crippen LogP contribution in [-0.4, -0.2) is 20.9 Å². The molecule has 0 spiro atoms. The van der Waals surface area contributed by atoms with E-state index in [0.29, 0.717) is 12.4 Å². The SMILES string of the molecule is CCCCCCC(=O)Nc1cccc(Nc2nccc(-c3cccnc3)n2)c1. The van der Waals surface area contributed by atoms with Crippen molar-refractivity contribution in [3.8, 4) is 11.3 Å². The van der Waals surface area contributed by atoms with E-state index < -0.39 is 0 Å². The van der Waals surface area contributed by atoms with Gasteiger partial charge in [0.2, 0.25) is 11.9 Å². The number of hydrogen-bond donors (Lipinski definition) is 2. The van der Waals surface area contributed by atoms with E-state index in [4.69, 9.17) is 0 Å². The Morgan fingerprint density at radius 3 is 2.71 bits per heavy atom. The molecular formula is C22H25N5O. The highest BCUT2D eigenvalue weighted by atomic mass is 16.1. The van der Waals surface area contributed by atoms with Crippen LogP contribution >= 0.6 is 0 Å². The summed E-state index contributed by atoms with van der Waals surface area (Å²) in [6.45, 7) is 2.16. The lowest BCUT2D eigenvalue weighted by Gasteiger charge is -2.09. The summed E-state index contributed by atoms with van der Waals surface area (Å²) in [7, 11) is 0. The third-order valence-electron chi connectivity index (χ3n) is 4.27. The van der Waals surface area contributed by atoms with Gasteiger partial charge in [-0.3, -0.25) is 9.78 Å². The number of amides is 1. The molecule has 144 valence electrons. The minimum atomic E-state index is 0.0445. The van der Waals surface area contributed by atoms with Crippen molar-refractivity contribution in [1.29, 1.82) is 0 Å². The Kier molecular flexibility index (Phi) is 7.07. The molecule has 0 unspecified atom stereocenters. The van der Waals surface area contributed by atoms with Crippen molar-refractivity contribution in [2.75, 3.05) is 10.6 Å². The van der Waals surface area contributed by atoms with Gasteiger partial charge in [-0.05, 0) is 42.8 Å². The molecule has 3 aromatic rings. The summed E-state index contributed by atoms with van der Waals surface area (Å²) in [6.07, 6.45) is 10.1.